The van der Waals surface area contributed by atoms with Crippen LogP contribution in [0.25, 0.3) is 0 Å². The molecule has 0 bridgehead atoms. The Morgan fingerprint density at radius 2 is 2.00 bits per heavy atom. The van der Waals surface area contributed by atoms with Crippen LogP contribution < -0.4 is 5.43 Å². The molecule has 0 saturated heterocycles. The van der Waals surface area contributed by atoms with Crippen LogP contribution in [0.4, 0.5) is 0 Å². The summed E-state index contributed by atoms with van der Waals surface area (Å²) in [5.41, 5.74) is 2.58. The zero-order valence-electron chi connectivity index (χ0n) is 6.63. The van der Waals surface area contributed by atoms with Crippen molar-refractivity contribution >= 4 is 11.9 Å². The van der Waals surface area contributed by atoms with Crippen molar-refractivity contribution in [2.24, 2.45) is 0 Å². The van der Waals surface area contributed by atoms with Gasteiger partial charge in [0.2, 0.25) is 5.91 Å². The maximum atomic E-state index is 10.9. The van der Waals surface area contributed by atoms with Crippen molar-refractivity contribution in [3.05, 3.63) is 0 Å². The number of hydrogen-bond acceptors (Lipinski definition) is 3. The van der Waals surface area contributed by atoms with E-state index in [1.165, 1.54) is 5.01 Å². The van der Waals surface area contributed by atoms with Crippen LogP contribution in [0.1, 0.15) is 12.8 Å². The van der Waals surface area contributed by atoms with Crippen LogP contribution in [-0.4, -0.2) is 36.1 Å². The maximum absolute atomic E-state index is 10.9. The van der Waals surface area contributed by atoms with E-state index in [0.29, 0.717) is 0 Å². The molecule has 0 rings (SSSR count). The minimum absolute atomic E-state index is 0.0344. The third-order valence-electron chi connectivity index (χ3n) is 1.26. The summed E-state index contributed by atoms with van der Waals surface area (Å²) in [7, 11) is 3.14. The van der Waals surface area contributed by atoms with Crippen LogP contribution in [0, 0.1) is 0 Å². The summed E-state index contributed by atoms with van der Waals surface area (Å²) in [6, 6.07) is 0. The fraction of sp³-hybridized carbons (Fsp3) is 0.667. The molecule has 0 heterocycles. The van der Waals surface area contributed by atoms with E-state index in [2.05, 4.69) is 5.43 Å². The molecule has 0 aromatic rings. The SMILES string of the molecule is CNN(C)C(=O)CCC(=O)O. The van der Waals surface area contributed by atoms with Gasteiger partial charge in [-0.05, 0) is 0 Å². The third-order valence-corrected chi connectivity index (χ3v) is 1.26. The molecule has 5 heteroatoms. The van der Waals surface area contributed by atoms with Crippen molar-refractivity contribution in [3.63, 3.8) is 0 Å². The Labute approximate surface area is 65.0 Å². The molecule has 0 aliphatic rings. The Bertz CT molecular complexity index is 158. The van der Waals surface area contributed by atoms with Gasteiger partial charge in [-0.1, -0.05) is 0 Å². The Morgan fingerprint density at radius 3 is 2.36 bits per heavy atom. The van der Waals surface area contributed by atoms with Crippen LogP contribution in [0.2, 0.25) is 0 Å². The molecule has 0 atom stereocenters. The highest BCUT2D eigenvalue weighted by molar-refractivity contribution is 5.80. The van der Waals surface area contributed by atoms with Crippen LogP contribution in [0.3, 0.4) is 0 Å². The molecule has 11 heavy (non-hydrogen) atoms. The fourth-order valence-corrected chi connectivity index (χ4v) is 0.506. The zero-order chi connectivity index (χ0) is 8.85. The largest absolute Gasteiger partial charge is 0.481 e. The first-order valence-electron chi connectivity index (χ1n) is 3.23. The summed E-state index contributed by atoms with van der Waals surface area (Å²) in [6.07, 6.45) is -0.0858. The predicted molar refractivity (Wildman–Crippen MR) is 38.7 cm³/mol. The number of nitrogens with one attached hydrogen (secondary N) is 1. The number of carbonyl (C=O) groups is 2. The average Bonchev–Trinajstić information content (AvgIpc) is 1.98. The van der Waals surface area contributed by atoms with Crippen LogP contribution >= 0.6 is 0 Å². The Kier molecular flexibility index (Phi) is 4.21. The predicted octanol–water partition coefficient (Wildman–Crippen LogP) is -0.556. The number of carboxylic acid groups (broad SMARTS) is 1. The van der Waals surface area contributed by atoms with E-state index in [1.807, 2.05) is 0 Å². The monoisotopic (exact) mass is 160 g/mol. The molecule has 0 aromatic heterocycles. The highest BCUT2D eigenvalue weighted by Crippen LogP contribution is 1.92. The smallest absolute Gasteiger partial charge is 0.303 e. The van der Waals surface area contributed by atoms with Crippen molar-refractivity contribution in [3.8, 4) is 0 Å². The van der Waals surface area contributed by atoms with Gasteiger partial charge in [0, 0.05) is 20.5 Å². The molecule has 0 radical (unpaired) electrons. The van der Waals surface area contributed by atoms with E-state index in [0.717, 1.165) is 0 Å². The lowest BCUT2D eigenvalue weighted by atomic mass is 10.3. The fourth-order valence-electron chi connectivity index (χ4n) is 0.506. The molecule has 5 nitrogen and oxygen atoms in total. The number of hydrazine groups is 1. The number of nitrogens with zero attached hydrogens (tertiary/aromatic N) is 1. The molecule has 0 aliphatic carbocycles. The first kappa shape index (κ1) is 9.90. The number of amides is 1. The van der Waals surface area contributed by atoms with Gasteiger partial charge in [0.1, 0.15) is 0 Å². The van der Waals surface area contributed by atoms with Crippen LogP contribution in [0.5, 0.6) is 0 Å². The summed E-state index contributed by atoms with van der Waals surface area (Å²) in [5.74, 6) is -1.18. The van der Waals surface area contributed by atoms with Crippen molar-refractivity contribution in [2.45, 2.75) is 12.8 Å². The van der Waals surface area contributed by atoms with Gasteiger partial charge in [0.15, 0.2) is 0 Å². The number of carbonyl (C=O) groups excluding carboxylic acids is 1. The number of aliphatic carboxylic acids is 1. The van der Waals surface area contributed by atoms with Gasteiger partial charge < -0.3 is 5.11 Å². The normalized spacial score (nSPS) is 9.27. The standard InChI is InChI=1S/C6H12N2O3/c1-7-8(2)5(9)3-4-6(10)11/h7H,3-4H2,1-2H3,(H,10,11). The third kappa shape index (κ3) is 4.32. The highest BCUT2D eigenvalue weighted by atomic mass is 16.4. The zero-order valence-corrected chi connectivity index (χ0v) is 6.63. The molecule has 64 valence electrons. The highest BCUT2D eigenvalue weighted by Gasteiger charge is 2.08. The summed E-state index contributed by atoms with van der Waals surface area (Å²) in [4.78, 5) is 20.9. The molecule has 2 N–H and O–H groups in total. The van der Waals surface area contributed by atoms with Gasteiger partial charge in [0.05, 0.1) is 6.42 Å². The molecule has 0 saturated carbocycles. The Balaban J connectivity index is 3.60. The lowest BCUT2D eigenvalue weighted by molar-refractivity contribution is -0.141. The summed E-state index contributed by atoms with van der Waals surface area (Å²) >= 11 is 0. The number of carboxylic acids is 1. The van der Waals surface area contributed by atoms with Crippen molar-refractivity contribution in [2.75, 3.05) is 14.1 Å². The molecule has 0 unspecified atom stereocenters. The van der Waals surface area contributed by atoms with Gasteiger partial charge in [0.25, 0.3) is 0 Å². The lowest BCUT2D eigenvalue weighted by Crippen LogP contribution is -2.36. The molecular formula is C6H12N2O3. The summed E-state index contributed by atoms with van der Waals surface area (Å²) in [5, 5.41) is 9.48. The van der Waals surface area contributed by atoms with Gasteiger partial charge in [-0.15, -0.1) is 0 Å². The molecule has 0 spiro atoms. The second-order valence-electron chi connectivity index (χ2n) is 2.07. The Hall–Kier alpha value is -1.10. The molecular weight excluding hydrogens is 148 g/mol. The van der Waals surface area contributed by atoms with Gasteiger partial charge in [-0.25, -0.2) is 5.43 Å². The maximum Gasteiger partial charge on any atom is 0.303 e. The first-order chi connectivity index (χ1) is 5.07. The van der Waals surface area contributed by atoms with Gasteiger partial charge >= 0.3 is 5.97 Å². The van der Waals surface area contributed by atoms with Gasteiger partial charge in [-0.2, -0.15) is 0 Å². The lowest BCUT2D eigenvalue weighted by Gasteiger charge is -2.13. The topological polar surface area (TPSA) is 69.6 Å². The molecule has 1 amide bonds. The van der Waals surface area contributed by atoms with E-state index in [-0.39, 0.29) is 18.7 Å². The molecule has 0 aromatic carbocycles. The van der Waals surface area contributed by atoms with E-state index >= 15 is 0 Å². The van der Waals surface area contributed by atoms with E-state index < -0.39 is 5.97 Å². The summed E-state index contributed by atoms with van der Waals surface area (Å²) < 4.78 is 0. The summed E-state index contributed by atoms with van der Waals surface area (Å²) in [6.45, 7) is 0. The second kappa shape index (κ2) is 4.68. The quantitative estimate of drug-likeness (QED) is 0.541. The van der Waals surface area contributed by atoms with Crippen LogP contribution in [-0.2, 0) is 9.59 Å². The first-order valence-corrected chi connectivity index (χ1v) is 3.23. The average molecular weight is 160 g/mol. The second-order valence-corrected chi connectivity index (χ2v) is 2.07. The van der Waals surface area contributed by atoms with Gasteiger partial charge in [-0.3, -0.25) is 14.6 Å². The van der Waals surface area contributed by atoms with Crippen molar-refractivity contribution in [1.82, 2.24) is 10.4 Å². The minimum Gasteiger partial charge on any atom is -0.481 e. The van der Waals surface area contributed by atoms with Crippen molar-refractivity contribution < 1.29 is 14.7 Å². The van der Waals surface area contributed by atoms with E-state index in [9.17, 15) is 9.59 Å². The van der Waals surface area contributed by atoms with Crippen LogP contribution in [0.15, 0.2) is 0 Å². The molecule has 0 aliphatic heterocycles. The van der Waals surface area contributed by atoms with Crippen molar-refractivity contribution in [1.29, 1.82) is 0 Å². The van der Waals surface area contributed by atoms with E-state index in [4.69, 9.17) is 5.11 Å². The van der Waals surface area contributed by atoms with E-state index in [1.54, 1.807) is 14.1 Å². The molecule has 0 fully saturated rings. The number of rotatable bonds is 4. The minimum atomic E-state index is -0.956. The Morgan fingerprint density at radius 1 is 1.45 bits per heavy atom. The number of hydrogen-bond donors (Lipinski definition) is 2.